The molecule has 0 bridgehead atoms. The van der Waals surface area contributed by atoms with Crippen molar-refractivity contribution in [2.75, 3.05) is 13.2 Å². The highest BCUT2D eigenvalue weighted by Gasteiger charge is 2.25. The Labute approximate surface area is 168 Å². The van der Waals surface area contributed by atoms with Crippen LogP contribution in [0.5, 0.6) is 0 Å². The SMILES string of the molecule is O=C(NC1CCC(NC(=O)OCC2CC=CCC2)CC1)OCC1CC=CCC1. The van der Waals surface area contributed by atoms with E-state index in [-0.39, 0.29) is 24.3 Å². The van der Waals surface area contributed by atoms with Crippen LogP contribution in [0.2, 0.25) is 0 Å². The van der Waals surface area contributed by atoms with Gasteiger partial charge in [-0.05, 0) is 76.0 Å². The van der Waals surface area contributed by atoms with Gasteiger partial charge in [0.1, 0.15) is 0 Å². The summed E-state index contributed by atoms with van der Waals surface area (Å²) in [6, 6.07) is 0.253. The number of nitrogens with one attached hydrogen (secondary N) is 2. The lowest BCUT2D eigenvalue weighted by Crippen LogP contribution is -2.44. The molecule has 2 unspecified atom stereocenters. The minimum absolute atomic E-state index is 0.127. The second-order valence-corrected chi connectivity index (χ2v) is 8.34. The Morgan fingerprint density at radius 3 is 1.46 bits per heavy atom. The van der Waals surface area contributed by atoms with Crippen LogP contribution >= 0.6 is 0 Å². The third-order valence-electron chi connectivity index (χ3n) is 6.03. The lowest BCUT2D eigenvalue weighted by molar-refractivity contribution is 0.112. The summed E-state index contributed by atoms with van der Waals surface area (Å²) < 4.78 is 10.8. The minimum Gasteiger partial charge on any atom is -0.449 e. The molecular weight excluding hydrogens is 356 g/mol. The van der Waals surface area contributed by atoms with Gasteiger partial charge in [0, 0.05) is 12.1 Å². The first-order valence-electron chi connectivity index (χ1n) is 10.9. The number of allylic oxidation sites excluding steroid dienone is 4. The van der Waals surface area contributed by atoms with E-state index in [0.29, 0.717) is 25.0 Å². The van der Waals surface area contributed by atoms with Gasteiger partial charge < -0.3 is 20.1 Å². The summed E-state index contributed by atoms with van der Waals surface area (Å²) in [7, 11) is 0. The van der Waals surface area contributed by atoms with Gasteiger partial charge in [-0.1, -0.05) is 24.3 Å². The number of carbonyl (C=O) groups excluding carboxylic acids is 2. The van der Waals surface area contributed by atoms with Gasteiger partial charge >= 0.3 is 12.2 Å². The van der Waals surface area contributed by atoms with Gasteiger partial charge in [-0.15, -0.1) is 0 Å². The highest BCUT2D eigenvalue weighted by Crippen LogP contribution is 2.21. The Morgan fingerprint density at radius 2 is 1.11 bits per heavy atom. The number of ether oxygens (including phenoxy) is 2. The van der Waals surface area contributed by atoms with Gasteiger partial charge in [-0.3, -0.25) is 0 Å². The van der Waals surface area contributed by atoms with Crippen molar-refractivity contribution in [2.45, 2.75) is 76.3 Å². The van der Waals surface area contributed by atoms with Crippen LogP contribution in [0.3, 0.4) is 0 Å². The van der Waals surface area contributed by atoms with E-state index in [2.05, 4.69) is 34.9 Å². The molecule has 0 spiro atoms. The first kappa shape index (κ1) is 20.7. The van der Waals surface area contributed by atoms with E-state index in [1.807, 2.05) is 0 Å². The summed E-state index contributed by atoms with van der Waals surface area (Å²) in [5.74, 6) is 0.901. The monoisotopic (exact) mass is 390 g/mol. The van der Waals surface area contributed by atoms with Crippen molar-refractivity contribution in [3.8, 4) is 0 Å². The van der Waals surface area contributed by atoms with Crippen molar-refractivity contribution in [1.29, 1.82) is 0 Å². The second-order valence-electron chi connectivity index (χ2n) is 8.34. The van der Waals surface area contributed by atoms with Crippen molar-refractivity contribution in [1.82, 2.24) is 10.6 Å². The summed E-state index contributed by atoms with van der Waals surface area (Å²) in [5.41, 5.74) is 0. The van der Waals surface area contributed by atoms with E-state index >= 15 is 0 Å². The molecule has 0 radical (unpaired) electrons. The summed E-state index contributed by atoms with van der Waals surface area (Å²) in [6.45, 7) is 0.991. The Morgan fingerprint density at radius 1 is 0.679 bits per heavy atom. The molecule has 6 heteroatoms. The molecule has 2 amide bonds. The number of alkyl carbamates (subject to hydrolysis) is 2. The predicted octanol–water partition coefficient (Wildman–Crippen LogP) is 4.46. The number of hydrogen-bond donors (Lipinski definition) is 2. The van der Waals surface area contributed by atoms with Crippen molar-refractivity contribution in [3.63, 3.8) is 0 Å². The summed E-state index contributed by atoms with van der Waals surface area (Å²) in [6.07, 6.45) is 17.8. The van der Waals surface area contributed by atoms with E-state index in [1.165, 1.54) is 0 Å². The van der Waals surface area contributed by atoms with Crippen LogP contribution in [0, 0.1) is 11.8 Å². The summed E-state index contributed by atoms with van der Waals surface area (Å²) in [4.78, 5) is 24.0. The molecule has 0 aromatic carbocycles. The van der Waals surface area contributed by atoms with Gasteiger partial charge in [-0.25, -0.2) is 9.59 Å². The average Bonchev–Trinajstić information content (AvgIpc) is 2.74. The molecule has 0 aromatic heterocycles. The highest BCUT2D eigenvalue weighted by atomic mass is 16.6. The van der Waals surface area contributed by atoms with Gasteiger partial charge in [0.2, 0.25) is 0 Å². The molecule has 2 N–H and O–H groups in total. The molecule has 2 atom stereocenters. The molecule has 0 saturated heterocycles. The zero-order valence-electron chi connectivity index (χ0n) is 16.7. The normalized spacial score (nSPS) is 29.7. The van der Waals surface area contributed by atoms with Gasteiger partial charge in [0.05, 0.1) is 13.2 Å². The third kappa shape index (κ3) is 7.21. The van der Waals surface area contributed by atoms with E-state index in [0.717, 1.165) is 64.2 Å². The zero-order valence-corrected chi connectivity index (χ0v) is 16.7. The highest BCUT2D eigenvalue weighted by molar-refractivity contribution is 5.68. The number of rotatable bonds is 6. The van der Waals surface area contributed by atoms with E-state index in [1.54, 1.807) is 0 Å². The average molecular weight is 391 g/mol. The molecule has 0 heterocycles. The predicted molar refractivity (Wildman–Crippen MR) is 108 cm³/mol. The summed E-state index contributed by atoms with van der Waals surface area (Å²) in [5, 5.41) is 5.94. The molecule has 1 fully saturated rings. The standard InChI is InChI=1S/C22H34N2O4/c25-21(27-15-17-7-3-1-4-8-17)23-19-11-13-20(14-12-19)24-22(26)28-16-18-9-5-2-6-10-18/h1-3,5,17-20H,4,6-16H2,(H,23,25)(H,24,26). The van der Waals surface area contributed by atoms with E-state index < -0.39 is 0 Å². The van der Waals surface area contributed by atoms with Crippen LogP contribution in [-0.2, 0) is 9.47 Å². The van der Waals surface area contributed by atoms with Crippen LogP contribution in [0.1, 0.15) is 64.2 Å². The van der Waals surface area contributed by atoms with E-state index in [9.17, 15) is 9.59 Å². The van der Waals surface area contributed by atoms with Gasteiger partial charge in [0.25, 0.3) is 0 Å². The molecule has 3 rings (SSSR count). The number of carbonyl (C=O) groups is 2. The fraction of sp³-hybridized carbons (Fsp3) is 0.727. The lowest BCUT2D eigenvalue weighted by Gasteiger charge is -2.29. The van der Waals surface area contributed by atoms with Crippen molar-refractivity contribution in [2.24, 2.45) is 11.8 Å². The second kappa shape index (κ2) is 11.1. The molecule has 6 nitrogen and oxygen atoms in total. The molecular formula is C22H34N2O4. The zero-order chi connectivity index (χ0) is 19.6. The molecule has 0 aliphatic heterocycles. The van der Waals surface area contributed by atoms with Gasteiger partial charge in [-0.2, -0.15) is 0 Å². The summed E-state index contributed by atoms with van der Waals surface area (Å²) >= 11 is 0. The maximum Gasteiger partial charge on any atom is 0.407 e. The lowest BCUT2D eigenvalue weighted by atomic mass is 9.91. The Kier molecular flexibility index (Phi) is 8.24. The maximum absolute atomic E-state index is 12.0. The van der Waals surface area contributed by atoms with Crippen molar-refractivity contribution < 1.29 is 19.1 Å². The largest absolute Gasteiger partial charge is 0.449 e. The van der Waals surface area contributed by atoms with Crippen LogP contribution in [0.25, 0.3) is 0 Å². The fourth-order valence-corrected chi connectivity index (χ4v) is 4.20. The Bertz CT molecular complexity index is 517. The van der Waals surface area contributed by atoms with Crippen LogP contribution in [0.15, 0.2) is 24.3 Å². The molecule has 3 aliphatic carbocycles. The van der Waals surface area contributed by atoms with Gasteiger partial charge in [0.15, 0.2) is 0 Å². The van der Waals surface area contributed by atoms with Crippen LogP contribution in [-0.4, -0.2) is 37.5 Å². The molecule has 1 saturated carbocycles. The molecule has 156 valence electrons. The first-order valence-corrected chi connectivity index (χ1v) is 10.9. The molecule has 28 heavy (non-hydrogen) atoms. The quantitative estimate of drug-likeness (QED) is 0.657. The third-order valence-corrected chi connectivity index (χ3v) is 6.03. The molecule has 3 aliphatic rings. The number of hydrogen-bond acceptors (Lipinski definition) is 4. The topological polar surface area (TPSA) is 76.7 Å². The fourth-order valence-electron chi connectivity index (χ4n) is 4.20. The number of amides is 2. The Balaban J connectivity index is 1.25. The smallest absolute Gasteiger partial charge is 0.407 e. The molecule has 0 aromatic rings. The van der Waals surface area contributed by atoms with Crippen LogP contribution < -0.4 is 10.6 Å². The van der Waals surface area contributed by atoms with Crippen molar-refractivity contribution >= 4 is 12.2 Å². The first-order chi connectivity index (χ1) is 13.7. The maximum atomic E-state index is 12.0. The van der Waals surface area contributed by atoms with Crippen molar-refractivity contribution in [3.05, 3.63) is 24.3 Å². The minimum atomic E-state index is -0.313. The Hall–Kier alpha value is -1.98. The van der Waals surface area contributed by atoms with E-state index in [4.69, 9.17) is 9.47 Å². The van der Waals surface area contributed by atoms with Crippen LogP contribution in [0.4, 0.5) is 9.59 Å².